The predicted molar refractivity (Wildman–Crippen MR) is 156 cm³/mol. The monoisotopic (exact) mass is 484 g/mol. The van der Waals surface area contributed by atoms with Crippen LogP contribution in [0.2, 0.25) is 0 Å². The summed E-state index contributed by atoms with van der Waals surface area (Å²) in [5, 5.41) is 7.88. The third-order valence-electron chi connectivity index (χ3n) is 7.44. The molecule has 0 radical (unpaired) electrons. The molecule has 0 aliphatic carbocycles. The van der Waals surface area contributed by atoms with E-state index in [1.807, 2.05) is 36.9 Å². The molecule has 0 N–H and O–H groups in total. The molecule has 176 valence electrons. The molecule has 0 atom stereocenters. The Morgan fingerprint density at radius 1 is 0.421 bits per heavy atom. The van der Waals surface area contributed by atoms with Gasteiger partial charge in [0.2, 0.25) is 0 Å². The van der Waals surface area contributed by atoms with Gasteiger partial charge in [-0.1, -0.05) is 66.7 Å². The fraction of sp³-hybridized carbons (Fsp3) is 0. The molecule has 38 heavy (non-hydrogen) atoms. The van der Waals surface area contributed by atoms with E-state index in [-0.39, 0.29) is 0 Å². The van der Waals surface area contributed by atoms with Gasteiger partial charge in [0.05, 0.1) is 22.2 Å². The second-order valence-electron chi connectivity index (χ2n) is 9.47. The van der Waals surface area contributed by atoms with E-state index in [0.29, 0.717) is 0 Å². The highest BCUT2D eigenvalue weighted by molar-refractivity contribution is 6.32. The van der Waals surface area contributed by atoms with Gasteiger partial charge in [-0.2, -0.15) is 0 Å². The molecule has 0 saturated carbocycles. The lowest BCUT2D eigenvalue weighted by Crippen LogP contribution is -1.95. The Hall–Kier alpha value is -5.22. The minimum Gasteiger partial charge on any atom is -0.265 e. The Morgan fingerprint density at radius 2 is 1.00 bits per heavy atom. The van der Waals surface area contributed by atoms with Crippen LogP contribution in [-0.4, -0.2) is 19.9 Å². The van der Waals surface area contributed by atoms with Crippen LogP contribution in [0, 0.1) is 0 Å². The molecule has 0 aliphatic rings. The number of nitrogens with zero attached hydrogens (tertiary/aromatic N) is 4. The molecule has 0 fully saturated rings. The molecule has 0 spiro atoms. The summed E-state index contributed by atoms with van der Waals surface area (Å²) in [7, 11) is 0. The Morgan fingerprint density at radius 3 is 1.74 bits per heavy atom. The molecule has 0 amide bonds. The Balaban J connectivity index is 1.60. The smallest absolute Gasteiger partial charge is 0.0971 e. The maximum Gasteiger partial charge on any atom is 0.0971 e. The molecular formula is C34H20N4. The van der Waals surface area contributed by atoms with E-state index >= 15 is 0 Å². The largest absolute Gasteiger partial charge is 0.265 e. The number of rotatable bonds is 2. The van der Waals surface area contributed by atoms with Crippen LogP contribution in [0.25, 0.3) is 76.6 Å². The van der Waals surface area contributed by atoms with Crippen molar-refractivity contribution in [2.45, 2.75) is 0 Å². The van der Waals surface area contributed by atoms with Crippen molar-refractivity contribution >= 4 is 54.3 Å². The lowest BCUT2D eigenvalue weighted by molar-refractivity contribution is 1.33. The van der Waals surface area contributed by atoms with Gasteiger partial charge in [0.15, 0.2) is 0 Å². The molecule has 0 saturated heterocycles. The molecule has 4 aromatic heterocycles. The van der Waals surface area contributed by atoms with Crippen molar-refractivity contribution in [3.8, 4) is 22.4 Å². The highest BCUT2D eigenvalue weighted by atomic mass is 14.7. The third-order valence-corrected chi connectivity index (χ3v) is 7.44. The normalized spacial score (nSPS) is 11.7. The van der Waals surface area contributed by atoms with Crippen molar-refractivity contribution in [2.75, 3.05) is 0 Å². The molecule has 8 rings (SSSR count). The molecule has 4 heteroatoms. The number of hydrogen-bond acceptors (Lipinski definition) is 4. The van der Waals surface area contributed by atoms with E-state index in [0.717, 1.165) is 65.7 Å². The van der Waals surface area contributed by atoms with Gasteiger partial charge in [-0.25, -0.2) is 4.98 Å². The predicted octanol–water partition coefficient (Wildman–Crippen LogP) is 8.37. The SMILES string of the molecule is c1ccc2c(c1)nc(-c1ccc(-c3ccncc3)c3ccccc13)c1c3cccnc3c3ncccc3c21. The van der Waals surface area contributed by atoms with Crippen LogP contribution in [-0.2, 0) is 0 Å². The zero-order chi connectivity index (χ0) is 25.1. The van der Waals surface area contributed by atoms with Gasteiger partial charge in [0.1, 0.15) is 0 Å². The number of pyridine rings is 4. The second kappa shape index (κ2) is 8.15. The topological polar surface area (TPSA) is 51.6 Å². The first-order valence-corrected chi connectivity index (χ1v) is 12.6. The van der Waals surface area contributed by atoms with E-state index in [9.17, 15) is 0 Å². The summed E-state index contributed by atoms with van der Waals surface area (Å²) in [6.45, 7) is 0. The van der Waals surface area contributed by atoms with Crippen molar-refractivity contribution in [2.24, 2.45) is 0 Å². The lowest BCUT2D eigenvalue weighted by atomic mass is 9.89. The van der Waals surface area contributed by atoms with Crippen molar-refractivity contribution in [1.29, 1.82) is 0 Å². The summed E-state index contributed by atoms with van der Waals surface area (Å²) in [6, 6.07) is 33.8. The van der Waals surface area contributed by atoms with Crippen LogP contribution in [0.15, 0.2) is 122 Å². The minimum atomic E-state index is 0.895. The van der Waals surface area contributed by atoms with Gasteiger partial charge in [0.25, 0.3) is 0 Å². The van der Waals surface area contributed by atoms with E-state index in [4.69, 9.17) is 15.0 Å². The Kier molecular flexibility index (Phi) is 4.49. The van der Waals surface area contributed by atoms with Crippen molar-refractivity contribution in [3.05, 3.63) is 122 Å². The number of benzene rings is 4. The van der Waals surface area contributed by atoms with Gasteiger partial charge < -0.3 is 0 Å². The Bertz CT molecular complexity index is 2190. The van der Waals surface area contributed by atoms with Crippen LogP contribution in [0.4, 0.5) is 0 Å². The van der Waals surface area contributed by atoms with E-state index in [2.05, 4.69) is 89.9 Å². The summed E-state index contributed by atoms with van der Waals surface area (Å²) >= 11 is 0. The van der Waals surface area contributed by atoms with Gasteiger partial charge in [-0.3, -0.25) is 15.0 Å². The van der Waals surface area contributed by atoms with Crippen LogP contribution in [0.3, 0.4) is 0 Å². The highest BCUT2D eigenvalue weighted by Crippen LogP contribution is 2.44. The van der Waals surface area contributed by atoms with Crippen LogP contribution >= 0.6 is 0 Å². The molecular weight excluding hydrogens is 464 g/mol. The molecule has 4 heterocycles. The second-order valence-corrected chi connectivity index (χ2v) is 9.47. The highest BCUT2D eigenvalue weighted by Gasteiger charge is 2.20. The average molecular weight is 485 g/mol. The summed E-state index contributed by atoms with van der Waals surface area (Å²) in [5.74, 6) is 0. The summed E-state index contributed by atoms with van der Waals surface area (Å²) < 4.78 is 0. The maximum absolute atomic E-state index is 5.32. The van der Waals surface area contributed by atoms with Gasteiger partial charge in [0, 0.05) is 57.3 Å². The third kappa shape index (κ3) is 2.98. The number of para-hydroxylation sites is 1. The summed E-state index contributed by atoms with van der Waals surface area (Å²) in [4.78, 5) is 19.1. The molecule has 0 bridgehead atoms. The van der Waals surface area contributed by atoms with E-state index in [1.165, 1.54) is 10.9 Å². The first-order valence-electron chi connectivity index (χ1n) is 12.6. The van der Waals surface area contributed by atoms with Crippen LogP contribution in [0.5, 0.6) is 0 Å². The first kappa shape index (κ1) is 20.9. The van der Waals surface area contributed by atoms with Gasteiger partial charge in [-0.05, 0) is 52.2 Å². The average Bonchev–Trinajstić information content (AvgIpc) is 3.00. The maximum atomic E-state index is 5.32. The lowest BCUT2D eigenvalue weighted by Gasteiger charge is -2.17. The standard InChI is InChI=1S/C34H20N4/c1-2-8-24-23(7-1)22(21-15-19-35-20-16-21)13-14-25(24)32-31-28-11-6-18-37-34(28)33-27(10-5-17-36-33)30(31)26-9-3-4-12-29(26)38-32/h1-20H. The van der Waals surface area contributed by atoms with E-state index in [1.54, 1.807) is 0 Å². The summed E-state index contributed by atoms with van der Waals surface area (Å²) in [6.07, 6.45) is 7.37. The summed E-state index contributed by atoms with van der Waals surface area (Å²) in [5.41, 5.74) is 7.15. The fourth-order valence-corrected chi connectivity index (χ4v) is 5.83. The molecule has 0 aliphatic heterocycles. The first-order chi connectivity index (χ1) is 18.9. The zero-order valence-electron chi connectivity index (χ0n) is 20.3. The van der Waals surface area contributed by atoms with Gasteiger partial charge in [-0.15, -0.1) is 0 Å². The van der Waals surface area contributed by atoms with E-state index < -0.39 is 0 Å². The van der Waals surface area contributed by atoms with Crippen LogP contribution < -0.4 is 0 Å². The fourth-order valence-electron chi connectivity index (χ4n) is 5.83. The number of fused-ring (bicyclic) bond motifs is 9. The number of hydrogen-bond donors (Lipinski definition) is 0. The van der Waals surface area contributed by atoms with Crippen molar-refractivity contribution in [1.82, 2.24) is 19.9 Å². The molecule has 0 unspecified atom stereocenters. The van der Waals surface area contributed by atoms with Crippen molar-refractivity contribution in [3.63, 3.8) is 0 Å². The Labute approximate surface area is 218 Å². The molecule has 4 nitrogen and oxygen atoms in total. The quantitative estimate of drug-likeness (QED) is 0.231. The van der Waals surface area contributed by atoms with Crippen molar-refractivity contribution < 1.29 is 0 Å². The van der Waals surface area contributed by atoms with Crippen LogP contribution in [0.1, 0.15) is 0 Å². The molecule has 4 aromatic carbocycles. The van der Waals surface area contributed by atoms with Gasteiger partial charge >= 0.3 is 0 Å². The number of aromatic nitrogens is 4. The minimum absolute atomic E-state index is 0.895. The zero-order valence-corrected chi connectivity index (χ0v) is 20.3. The molecule has 8 aromatic rings.